The maximum atomic E-state index is 11.1. The molecular weight excluding hydrogens is 152 g/mol. The van der Waals surface area contributed by atoms with E-state index in [1.165, 1.54) is 0 Å². The van der Waals surface area contributed by atoms with Crippen molar-refractivity contribution in [2.24, 2.45) is 0 Å². The summed E-state index contributed by atoms with van der Waals surface area (Å²) in [4.78, 5) is 11.1. The molecule has 0 aromatic carbocycles. The topological polar surface area (TPSA) is 41.1 Å². The molecule has 0 spiro atoms. The van der Waals surface area contributed by atoms with E-state index in [1.807, 2.05) is 6.92 Å². The first-order valence-corrected chi connectivity index (χ1v) is 4.10. The number of carbonyl (C=O) groups excluding carboxylic acids is 1. The van der Waals surface area contributed by atoms with Gasteiger partial charge in [-0.2, -0.15) is 0 Å². The largest absolute Gasteiger partial charge is 0.355 e. The highest BCUT2D eigenvalue weighted by molar-refractivity contribution is 5.81. The number of hydrogen-bond acceptors (Lipinski definition) is 2. The quantitative estimate of drug-likeness (QED) is 0.452. The molecule has 0 aromatic rings. The molecule has 0 aliphatic heterocycles. The summed E-state index contributed by atoms with van der Waals surface area (Å²) in [7, 11) is 1.76. The number of likely N-dealkylation sites (N-methyl/N-ethyl adjacent to an activating group) is 1. The molecule has 0 saturated carbocycles. The van der Waals surface area contributed by atoms with Crippen molar-refractivity contribution in [3.05, 3.63) is 0 Å². The highest BCUT2D eigenvalue weighted by Crippen LogP contribution is 1.84. The highest BCUT2D eigenvalue weighted by atomic mass is 16.2. The second-order valence-corrected chi connectivity index (χ2v) is 2.61. The maximum Gasteiger partial charge on any atom is 0.236 e. The number of nitrogens with one attached hydrogen (secondary N) is 2. The minimum atomic E-state index is -0.129. The Bertz CT molecular complexity index is 172. The molecular formula is C9H16N2O. The molecule has 0 heterocycles. The van der Waals surface area contributed by atoms with Crippen molar-refractivity contribution < 1.29 is 4.79 Å². The molecule has 0 radical (unpaired) electrons. The van der Waals surface area contributed by atoms with Gasteiger partial charge in [0.15, 0.2) is 0 Å². The van der Waals surface area contributed by atoms with E-state index in [4.69, 9.17) is 6.42 Å². The first kappa shape index (κ1) is 11.0. The lowest BCUT2D eigenvalue weighted by atomic mass is 10.3. The number of unbranched alkanes of at least 4 members (excludes halogenated alkanes) is 1. The normalized spacial score (nSPS) is 11.8. The van der Waals surface area contributed by atoms with Gasteiger partial charge in [-0.05, 0) is 20.4 Å². The molecule has 0 fully saturated rings. The van der Waals surface area contributed by atoms with Gasteiger partial charge in [0.1, 0.15) is 0 Å². The smallest absolute Gasteiger partial charge is 0.236 e. The molecule has 3 nitrogen and oxygen atoms in total. The Kier molecular flexibility index (Phi) is 6.12. The molecule has 0 bridgehead atoms. The van der Waals surface area contributed by atoms with Crippen molar-refractivity contribution in [1.29, 1.82) is 0 Å². The minimum Gasteiger partial charge on any atom is -0.355 e. The Hall–Kier alpha value is -1.01. The summed E-state index contributed by atoms with van der Waals surface area (Å²) in [6.45, 7) is 2.48. The highest BCUT2D eigenvalue weighted by Gasteiger charge is 2.07. The van der Waals surface area contributed by atoms with Crippen LogP contribution in [0, 0.1) is 12.3 Å². The van der Waals surface area contributed by atoms with E-state index in [1.54, 1.807) is 7.05 Å². The molecule has 0 saturated heterocycles. The average Bonchev–Trinajstić information content (AvgIpc) is 2.10. The molecule has 0 aliphatic carbocycles. The van der Waals surface area contributed by atoms with Crippen LogP contribution in [0.25, 0.3) is 0 Å². The molecule has 68 valence electrons. The van der Waals surface area contributed by atoms with Crippen molar-refractivity contribution in [3.8, 4) is 12.3 Å². The number of carbonyl (C=O) groups is 1. The van der Waals surface area contributed by atoms with E-state index in [2.05, 4.69) is 16.6 Å². The Labute approximate surface area is 73.9 Å². The molecule has 1 atom stereocenters. The number of rotatable bonds is 5. The summed E-state index contributed by atoms with van der Waals surface area (Å²) in [5, 5.41) is 5.62. The Balaban J connectivity index is 3.39. The van der Waals surface area contributed by atoms with Gasteiger partial charge < -0.3 is 10.6 Å². The SMILES string of the molecule is C#CCCCNC(=O)C(C)NC. The van der Waals surface area contributed by atoms with Gasteiger partial charge in [0.2, 0.25) is 5.91 Å². The van der Waals surface area contributed by atoms with Gasteiger partial charge in [0.05, 0.1) is 6.04 Å². The lowest BCUT2D eigenvalue weighted by Crippen LogP contribution is -2.40. The van der Waals surface area contributed by atoms with Crippen molar-refractivity contribution in [2.45, 2.75) is 25.8 Å². The summed E-state index contributed by atoms with van der Waals surface area (Å²) < 4.78 is 0. The summed E-state index contributed by atoms with van der Waals surface area (Å²) in [6.07, 6.45) is 6.62. The lowest BCUT2D eigenvalue weighted by molar-refractivity contribution is -0.122. The van der Waals surface area contributed by atoms with E-state index in [0.29, 0.717) is 13.0 Å². The number of hydrogen-bond donors (Lipinski definition) is 2. The van der Waals surface area contributed by atoms with Crippen LogP contribution in [0.1, 0.15) is 19.8 Å². The summed E-state index contributed by atoms with van der Waals surface area (Å²) >= 11 is 0. The fourth-order valence-corrected chi connectivity index (χ4v) is 0.686. The molecule has 0 aromatic heterocycles. The third-order valence-electron chi connectivity index (χ3n) is 1.62. The first-order valence-electron chi connectivity index (χ1n) is 4.10. The zero-order valence-electron chi connectivity index (χ0n) is 7.68. The Morgan fingerprint density at radius 1 is 1.67 bits per heavy atom. The summed E-state index contributed by atoms with van der Waals surface area (Å²) in [5.41, 5.74) is 0. The van der Waals surface area contributed by atoms with Crippen LogP contribution in [-0.4, -0.2) is 25.5 Å². The van der Waals surface area contributed by atoms with E-state index in [0.717, 1.165) is 6.42 Å². The second kappa shape index (κ2) is 6.68. The zero-order valence-corrected chi connectivity index (χ0v) is 7.68. The van der Waals surface area contributed by atoms with E-state index < -0.39 is 0 Å². The van der Waals surface area contributed by atoms with Gasteiger partial charge in [-0.1, -0.05) is 0 Å². The molecule has 2 N–H and O–H groups in total. The molecule has 1 unspecified atom stereocenters. The molecule has 0 rings (SSSR count). The van der Waals surface area contributed by atoms with Crippen LogP contribution < -0.4 is 10.6 Å². The Morgan fingerprint density at radius 2 is 2.33 bits per heavy atom. The number of terminal acetylenes is 1. The molecule has 0 aliphatic rings. The van der Waals surface area contributed by atoms with Crippen LogP contribution in [0.5, 0.6) is 0 Å². The van der Waals surface area contributed by atoms with Crippen molar-refractivity contribution in [2.75, 3.05) is 13.6 Å². The average molecular weight is 168 g/mol. The fraction of sp³-hybridized carbons (Fsp3) is 0.667. The van der Waals surface area contributed by atoms with Crippen molar-refractivity contribution >= 4 is 5.91 Å². The molecule has 1 amide bonds. The van der Waals surface area contributed by atoms with Gasteiger partial charge in [-0.25, -0.2) is 0 Å². The van der Waals surface area contributed by atoms with Crippen LogP contribution in [-0.2, 0) is 4.79 Å². The van der Waals surface area contributed by atoms with E-state index in [-0.39, 0.29) is 11.9 Å². The molecule has 12 heavy (non-hydrogen) atoms. The summed E-state index contributed by atoms with van der Waals surface area (Å²) in [6, 6.07) is -0.129. The zero-order chi connectivity index (χ0) is 9.40. The van der Waals surface area contributed by atoms with Gasteiger partial charge in [-0.15, -0.1) is 12.3 Å². The summed E-state index contributed by atoms with van der Waals surface area (Å²) in [5.74, 6) is 2.54. The van der Waals surface area contributed by atoms with Gasteiger partial charge in [0, 0.05) is 13.0 Å². The third-order valence-corrected chi connectivity index (χ3v) is 1.62. The van der Waals surface area contributed by atoms with Crippen LogP contribution in [0.2, 0.25) is 0 Å². The standard InChI is InChI=1S/C9H16N2O/c1-4-5-6-7-11-9(12)8(2)10-3/h1,8,10H,5-7H2,2-3H3,(H,11,12). The minimum absolute atomic E-state index is 0.0227. The van der Waals surface area contributed by atoms with E-state index >= 15 is 0 Å². The predicted octanol–water partition coefficient (Wildman–Crippen LogP) is 0.124. The van der Waals surface area contributed by atoms with Gasteiger partial charge in [0.25, 0.3) is 0 Å². The lowest BCUT2D eigenvalue weighted by Gasteiger charge is -2.09. The first-order chi connectivity index (χ1) is 5.72. The molecule has 3 heteroatoms. The monoisotopic (exact) mass is 168 g/mol. The fourth-order valence-electron chi connectivity index (χ4n) is 0.686. The van der Waals surface area contributed by atoms with Crippen LogP contribution in [0.3, 0.4) is 0 Å². The van der Waals surface area contributed by atoms with Gasteiger partial charge >= 0.3 is 0 Å². The third kappa shape index (κ3) is 4.75. The van der Waals surface area contributed by atoms with Crippen LogP contribution in [0.4, 0.5) is 0 Å². The van der Waals surface area contributed by atoms with Crippen molar-refractivity contribution in [3.63, 3.8) is 0 Å². The maximum absolute atomic E-state index is 11.1. The van der Waals surface area contributed by atoms with Crippen molar-refractivity contribution in [1.82, 2.24) is 10.6 Å². The Morgan fingerprint density at radius 3 is 2.83 bits per heavy atom. The van der Waals surface area contributed by atoms with Crippen LogP contribution >= 0.6 is 0 Å². The second-order valence-electron chi connectivity index (χ2n) is 2.61. The van der Waals surface area contributed by atoms with E-state index in [9.17, 15) is 4.79 Å². The number of amides is 1. The van der Waals surface area contributed by atoms with Gasteiger partial charge in [-0.3, -0.25) is 4.79 Å². The van der Waals surface area contributed by atoms with Crippen LogP contribution in [0.15, 0.2) is 0 Å². The predicted molar refractivity (Wildman–Crippen MR) is 49.6 cm³/mol.